The summed E-state index contributed by atoms with van der Waals surface area (Å²) < 4.78 is 27.3. The summed E-state index contributed by atoms with van der Waals surface area (Å²) in [6.45, 7) is 11.8. The summed E-state index contributed by atoms with van der Waals surface area (Å²) in [6.07, 6.45) is 5.96. The van der Waals surface area contributed by atoms with Crippen molar-refractivity contribution in [2.24, 2.45) is 5.92 Å². The van der Waals surface area contributed by atoms with Crippen LogP contribution >= 0.6 is 11.6 Å². The number of pyridine rings is 1. The Bertz CT molecular complexity index is 1670. The molecule has 45 heavy (non-hydrogen) atoms. The molecule has 1 aliphatic carbocycles. The van der Waals surface area contributed by atoms with E-state index in [1.54, 1.807) is 25.3 Å². The van der Waals surface area contributed by atoms with Crippen molar-refractivity contribution in [3.05, 3.63) is 88.8 Å². The highest BCUT2D eigenvalue weighted by molar-refractivity contribution is 6.65. The van der Waals surface area contributed by atoms with Crippen molar-refractivity contribution in [3.63, 3.8) is 0 Å². The van der Waals surface area contributed by atoms with E-state index in [-0.39, 0.29) is 12.4 Å². The lowest BCUT2D eigenvalue weighted by Crippen LogP contribution is -2.41. The topological polar surface area (TPSA) is 83.8 Å². The normalized spacial score (nSPS) is 17.9. The second-order valence-corrected chi connectivity index (χ2v) is 13.6. The Morgan fingerprint density at radius 1 is 1.11 bits per heavy atom. The molecule has 6 rings (SSSR count). The fourth-order valence-electron chi connectivity index (χ4n) is 5.55. The van der Waals surface area contributed by atoms with Crippen molar-refractivity contribution in [1.82, 2.24) is 14.9 Å². The number of para-hydroxylation sites is 1. The fourth-order valence-corrected chi connectivity index (χ4v) is 5.73. The molecule has 1 atom stereocenters. The first-order chi connectivity index (χ1) is 21.5. The summed E-state index contributed by atoms with van der Waals surface area (Å²) >= 11 is 6.04. The van der Waals surface area contributed by atoms with E-state index >= 15 is 0 Å². The number of nitrogens with one attached hydrogen (secondary N) is 1. The van der Waals surface area contributed by atoms with Gasteiger partial charge in [-0.2, -0.15) is 0 Å². The third kappa shape index (κ3) is 7.38. The largest absolute Gasteiger partial charge is 0.495 e. The zero-order chi connectivity index (χ0) is 31.8. The predicted molar refractivity (Wildman–Crippen MR) is 176 cm³/mol. The number of hydrogen-bond donors (Lipinski definition) is 1. The summed E-state index contributed by atoms with van der Waals surface area (Å²) in [5.74, 6) is 1.02. The second kappa shape index (κ2) is 12.8. The van der Waals surface area contributed by atoms with Crippen LogP contribution in [0, 0.1) is 5.92 Å². The van der Waals surface area contributed by atoms with Gasteiger partial charge in [-0.15, -0.1) is 0 Å². The van der Waals surface area contributed by atoms with Crippen molar-refractivity contribution >= 4 is 41.1 Å². The van der Waals surface area contributed by atoms with Crippen molar-refractivity contribution in [3.8, 4) is 5.75 Å². The van der Waals surface area contributed by atoms with Gasteiger partial charge < -0.3 is 23.3 Å². The number of benzene rings is 2. The van der Waals surface area contributed by atoms with Gasteiger partial charge in [0.25, 0.3) is 0 Å². The molecule has 1 aliphatic heterocycles. The summed E-state index contributed by atoms with van der Waals surface area (Å²) in [5.41, 5.74) is 3.80. The number of aromatic nitrogens is 2. The van der Waals surface area contributed by atoms with E-state index in [0.717, 1.165) is 45.6 Å². The number of hydrogen-bond acceptors (Lipinski definition) is 7. The molecule has 10 heteroatoms. The lowest BCUT2D eigenvalue weighted by molar-refractivity contribution is -0.149. The van der Waals surface area contributed by atoms with Crippen LogP contribution in [0.2, 0.25) is 5.02 Å². The molecule has 236 valence electrons. The molecule has 1 N–H and O–H groups in total. The number of esters is 1. The molecular weight excluding hydrogens is 589 g/mol. The summed E-state index contributed by atoms with van der Waals surface area (Å²) in [6, 6.07) is 17.6. The summed E-state index contributed by atoms with van der Waals surface area (Å²) in [4.78, 5) is 17.1. The lowest BCUT2D eigenvalue weighted by atomic mass is 9.76. The zero-order valence-electron chi connectivity index (χ0n) is 26.6. The van der Waals surface area contributed by atoms with Gasteiger partial charge in [0.05, 0.1) is 23.3 Å². The summed E-state index contributed by atoms with van der Waals surface area (Å²) in [7, 11) is -0.485. The quantitative estimate of drug-likeness (QED) is 0.114. The van der Waals surface area contributed by atoms with E-state index in [0.29, 0.717) is 23.9 Å². The zero-order valence-corrected chi connectivity index (χ0v) is 27.4. The molecule has 2 aliphatic rings. The maximum Gasteiger partial charge on any atom is 0.495 e. The molecule has 0 amide bonds. The minimum atomic E-state index is -0.502. The Labute approximate surface area is 270 Å². The molecule has 2 fully saturated rings. The number of ether oxygens (including phenoxy) is 2. The van der Waals surface area contributed by atoms with Crippen molar-refractivity contribution in [2.75, 3.05) is 0 Å². The third-order valence-corrected chi connectivity index (χ3v) is 9.23. The first kappa shape index (κ1) is 31.6. The predicted octanol–water partition coefficient (Wildman–Crippen LogP) is 6.20. The van der Waals surface area contributed by atoms with Gasteiger partial charge in [0.2, 0.25) is 0 Å². The van der Waals surface area contributed by atoms with E-state index in [2.05, 4.69) is 67.0 Å². The van der Waals surface area contributed by atoms with Crippen LogP contribution in [-0.2, 0) is 45.0 Å². The van der Waals surface area contributed by atoms with Gasteiger partial charge in [0.15, 0.2) is 6.23 Å². The Balaban J connectivity index is 1.16. The van der Waals surface area contributed by atoms with Gasteiger partial charge in [-0.3, -0.25) is 15.1 Å². The van der Waals surface area contributed by atoms with E-state index in [4.69, 9.17) is 30.4 Å². The molecule has 1 saturated carbocycles. The van der Waals surface area contributed by atoms with Gasteiger partial charge in [0.1, 0.15) is 12.4 Å². The molecule has 1 saturated heterocycles. The molecule has 2 aromatic carbocycles. The third-order valence-electron chi connectivity index (χ3n) is 9.00. The van der Waals surface area contributed by atoms with Crippen LogP contribution in [0.3, 0.4) is 0 Å². The van der Waals surface area contributed by atoms with E-state index in [9.17, 15) is 4.79 Å². The SMILES string of the molecule is CC(NCc1cc(Cl)ccn1)OC(=O)Cc1ccccc1OCc1cc(B2OC(C)(C)C(C)(C)O2)c2ccn(CC3CC3)c2c1. The monoisotopic (exact) mass is 629 g/mol. The highest BCUT2D eigenvalue weighted by Gasteiger charge is 2.52. The number of rotatable bonds is 12. The molecule has 4 aromatic rings. The van der Waals surface area contributed by atoms with Crippen molar-refractivity contribution < 1.29 is 23.6 Å². The maximum atomic E-state index is 12.9. The van der Waals surface area contributed by atoms with Gasteiger partial charge in [0, 0.05) is 41.6 Å². The molecule has 3 heterocycles. The Kier molecular flexibility index (Phi) is 8.99. The van der Waals surface area contributed by atoms with Crippen molar-refractivity contribution in [2.45, 2.75) is 91.0 Å². The van der Waals surface area contributed by atoms with Crippen LogP contribution in [0.25, 0.3) is 10.9 Å². The smallest absolute Gasteiger partial charge is 0.489 e. The van der Waals surface area contributed by atoms with E-state index in [1.165, 1.54) is 12.8 Å². The molecule has 0 spiro atoms. The lowest BCUT2D eigenvalue weighted by Gasteiger charge is -2.32. The first-order valence-corrected chi connectivity index (χ1v) is 16.1. The van der Waals surface area contributed by atoms with Crippen LogP contribution in [0.4, 0.5) is 0 Å². The van der Waals surface area contributed by atoms with Crippen LogP contribution in [0.15, 0.2) is 67.0 Å². The molecule has 0 bridgehead atoms. The number of carbonyl (C=O) groups excluding carboxylic acids is 1. The molecule has 1 unspecified atom stereocenters. The summed E-state index contributed by atoms with van der Waals surface area (Å²) in [5, 5.41) is 4.90. The van der Waals surface area contributed by atoms with Crippen LogP contribution in [0.5, 0.6) is 5.75 Å². The van der Waals surface area contributed by atoms with Gasteiger partial charge in [-0.05, 0) is 100 Å². The van der Waals surface area contributed by atoms with E-state index < -0.39 is 24.5 Å². The Morgan fingerprint density at radius 2 is 1.87 bits per heavy atom. The van der Waals surface area contributed by atoms with E-state index in [1.807, 2.05) is 24.3 Å². The molecule has 8 nitrogen and oxygen atoms in total. The highest BCUT2D eigenvalue weighted by atomic mass is 35.5. The molecule has 2 aromatic heterocycles. The van der Waals surface area contributed by atoms with Crippen LogP contribution < -0.4 is 15.5 Å². The number of fused-ring (bicyclic) bond motifs is 1. The van der Waals surface area contributed by atoms with Crippen LogP contribution in [-0.4, -0.2) is 40.1 Å². The van der Waals surface area contributed by atoms with Crippen molar-refractivity contribution in [1.29, 1.82) is 0 Å². The number of nitrogens with zero attached hydrogens (tertiary/aromatic N) is 2. The minimum Gasteiger partial charge on any atom is -0.489 e. The molecule has 0 radical (unpaired) electrons. The minimum absolute atomic E-state index is 0.0834. The average molecular weight is 630 g/mol. The fraction of sp³-hybridized carbons (Fsp3) is 0.429. The average Bonchev–Trinajstić information content (AvgIpc) is 3.67. The Hall–Kier alpha value is -3.37. The second-order valence-electron chi connectivity index (χ2n) is 13.2. The Morgan fingerprint density at radius 3 is 2.60 bits per heavy atom. The molecular formula is C35H41BClN3O5. The van der Waals surface area contributed by atoms with Crippen LogP contribution in [0.1, 0.15) is 64.3 Å². The highest BCUT2D eigenvalue weighted by Crippen LogP contribution is 2.38. The van der Waals surface area contributed by atoms with Gasteiger partial charge in [-0.25, -0.2) is 0 Å². The maximum absolute atomic E-state index is 12.9. The first-order valence-electron chi connectivity index (χ1n) is 15.7. The standard InChI is InChI=1S/C35H41BClN3O5/c1-23(39-20-28-19-27(37)12-14-38-28)43-33(41)18-26-8-6-7-9-32(26)42-22-25-16-30(36-44-34(2,3)35(4,5)45-36)29-13-15-40(31(29)17-25)21-24-10-11-24/h6-9,12-17,19,23-24,39H,10-11,18,20-22H2,1-5H3. The number of halogens is 1. The van der Waals surface area contributed by atoms with Gasteiger partial charge >= 0.3 is 13.1 Å². The number of carbonyl (C=O) groups is 1. The van der Waals surface area contributed by atoms with Gasteiger partial charge in [-0.1, -0.05) is 35.9 Å².